The van der Waals surface area contributed by atoms with Crippen molar-refractivity contribution in [2.75, 3.05) is 44.5 Å². The van der Waals surface area contributed by atoms with Crippen LogP contribution in [0.4, 0.5) is 11.4 Å². The zero-order valence-electron chi connectivity index (χ0n) is 18.8. The van der Waals surface area contributed by atoms with Gasteiger partial charge in [-0.2, -0.15) is 4.31 Å². The third-order valence-corrected chi connectivity index (χ3v) is 7.17. The molecule has 0 aliphatic carbocycles. The first-order chi connectivity index (χ1) is 14.5. The molecule has 0 aliphatic heterocycles. The zero-order chi connectivity index (χ0) is 23.5. The Labute approximate surface area is 241 Å². The van der Waals surface area contributed by atoms with Gasteiger partial charge in [0.05, 0.1) is 23.4 Å². The van der Waals surface area contributed by atoms with E-state index >= 15 is 0 Å². The van der Waals surface area contributed by atoms with Crippen LogP contribution in [0.15, 0.2) is 29.2 Å². The van der Waals surface area contributed by atoms with Crippen molar-refractivity contribution in [3.63, 3.8) is 0 Å². The summed E-state index contributed by atoms with van der Waals surface area (Å²) in [6.07, 6.45) is 0. The van der Waals surface area contributed by atoms with Crippen LogP contribution < -0.4 is 71.4 Å². The summed E-state index contributed by atoms with van der Waals surface area (Å²) in [5.74, 6) is -0.946. The van der Waals surface area contributed by atoms with Crippen LogP contribution in [-0.4, -0.2) is 52.9 Å². The number of methoxy groups -OCH3 is 1. The second-order valence-electron chi connectivity index (χ2n) is 6.73. The first kappa shape index (κ1) is 29.5. The van der Waals surface area contributed by atoms with Crippen molar-refractivity contribution >= 4 is 50.5 Å². The maximum Gasteiger partial charge on any atom is 1.00 e. The SMILES string of the molecule is CCN(CC)S(=O)(=O)c1cc(NC(=O)c2cc(Cl)c([O-])c(Cl)c2)c(OC)c(N(C)C)c1.[K+]. The molecule has 0 atom stereocenters. The van der Waals surface area contributed by atoms with E-state index in [9.17, 15) is 18.3 Å². The van der Waals surface area contributed by atoms with Gasteiger partial charge in [-0.25, -0.2) is 8.42 Å². The number of nitrogens with one attached hydrogen (secondary N) is 1. The van der Waals surface area contributed by atoms with Gasteiger partial charge >= 0.3 is 51.4 Å². The van der Waals surface area contributed by atoms with Crippen LogP contribution in [0.2, 0.25) is 10.0 Å². The number of hydrogen-bond donors (Lipinski definition) is 1. The smallest absolute Gasteiger partial charge is 0.870 e. The minimum absolute atomic E-state index is 0. The molecule has 0 bridgehead atoms. The number of sulfonamides is 1. The maximum absolute atomic E-state index is 13.1. The monoisotopic (exact) mass is 527 g/mol. The fourth-order valence-electron chi connectivity index (χ4n) is 2.97. The number of ether oxygens (including phenoxy) is 1. The molecule has 170 valence electrons. The predicted octanol–water partition coefficient (Wildman–Crippen LogP) is 0.428. The summed E-state index contributed by atoms with van der Waals surface area (Å²) in [6, 6.07) is 5.21. The fraction of sp³-hybridized carbons (Fsp3) is 0.350. The van der Waals surface area contributed by atoms with Gasteiger partial charge in [-0.1, -0.05) is 42.8 Å². The van der Waals surface area contributed by atoms with E-state index in [4.69, 9.17) is 27.9 Å². The fourth-order valence-corrected chi connectivity index (χ4v) is 4.97. The normalized spacial score (nSPS) is 11.1. The van der Waals surface area contributed by atoms with Crippen molar-refractivity contribution in [3.8, 4) is 11.5 Å². The average Bonchev–Trinajstić information content (AvgIpc) is 2.71. The van der Waals surface area contributed by atoms with E-state index in [1.54, 1.807) is 32.8 Å². The summed E-state index contributed by atoms with van der Waals surface area (Å²) < 4.78 is 32.9. The van der Waals surface area contributed by atoms with E-state index in [-0.39, 0.29) is 83.3 Å². The number of carbonyl (C=O) groups is 1. The molecule has 0 spiro atoms. The van der Waals surface area contributed by atoms with Crippen molar-refractivity contribution < 1.29 is 74.4 Å². The van der Waals surface area contributed by atoms with Crippen LogP contribution in [-0.2, 0) is 10.0 Å². The Morgan fingerprint density at radius 2 is 1.62 bits per heavy atom. The largest absolute Gasteiger partial charge is 1.00 e. The zero-order valence-corrected chi connectivity index (χ0v) is 24.3. The van der Waals surface area contributed by atoms with Crippen LogP contribution in [0.1, 0.15) is 24.2 Å². The molecule has 1 N–H and O–H groups in total. The minimum Gasteiger partial charge on any atom is -0.870 e. The first-order valence-electron chi connectivity index (χ1n) is 9.34. The Kier molecular flexibility index (Phi) is 11.3. The van der Waals surface area contributed by atoms with Crippen LogP contribution in [0, 0.1) is 0 Å². The van der Waals surface area contributed by atoms with E-state index < -0.39 is 21.7 Å². The molecule has 0 unspecified atom stereocenters. The molecular weight excluding hydrogens is 504 g/mol. The molecule has 2 aromatic rings. The minimum atomic E-state index is -3.81. The summed E-state index contributed by atoms with van der Waals surface area (Å²) in [7, 11) is 1.06. The summed E-state index contributed by atoms with van der Waals surface area (Å²) in [5.41, 5.74) is 0.639. The van der Waals surface area contributed by atoms with E-state index in [2.05, 4.69) is 5.32 Å². The molecule has 2 aromatic carbocycles. The first-order valence-corrected chi connectivity index (χ1v) is 11.5. The van der Waals surface area contributed by atoms with Gasteiger partial charge in [-0.15, -0.1) is 0 Å². The van der Waals surface area contributed by atoms with Gasteiger partial charge in [0.15, 0.2) is 5.75 Å². The van der Waals surface area contributed by atoms with E-state index in [0.29, 0.717) is 18.8 Å². The van der Waals surface area contributed by atoms with Gasteiger partial charge in [-0.3, -0.25) is 4.79 Å². The maximum atomic E-state index is 13.1. The van der Waals surface area contributed by atoms with Crippen molar-refractivity contribution in [1.29, 1.82) is 0 Å². The second-order valence-corrected chi connectivity index (χ2v) is 9.48. The van der Waals surface area contributed by atoms with Crippen molar-refractivity contribution in [1.82, 2.24) is 4.31 Å². The van der Waals surface area contributed by atoms with Crippen molar-refractivity contribution in [2.45, 2.75) is 18.7 Å². The van der Waals surface area contributed by atoms with Crippen LogP contribution in [0.3, 0.4) is 0 Å². The van der Waals surface area contributed by atoms with Crippen LogP contribution in [0.25, 0.3) is 0 Å². The number of anilines is 2. The Hall–Kier alpha value is -0.564. The number of halogens is 2. The number of hydrogen-bond acceptors (Lipinski definition) is 6. The van der Waals surface area contributed by atoms with Crippen molar-refractivity contribution in [2.24, 2.45) is 0 Å². The van der Waals surface area contributed by atoms with Crippen molar-refractivity contribution in [3.05, 3.63) is 39.9 Å². The Morgan fingerprint density at radius 3 is 2.06 bits per heavy atom. The van der Waals surface area contributed by atoms with Gasteiger partial charge in [0, 0.05) is 42.8 Å². The molecule has 0 saturated heterocycles. The Balaban J connectivity index is 0.00000512. The van der Waals surface area contributed by atoms with E-state index in [1.807, 2.05) is 0 Å². The van der Waals surface area contributed by atoms with Crippen LogP contribution >= 0.6 is 23.2 Å². The second kappa shape index (κ2) is 12.2. The molecule has 2 rings (SSSR count). The van der Waals surface area contributed by atoms with E-state index in [1.165, 1.54) is 35.7 Å². The molecule has 0 heterocycles. The molecule has 0 saturated carbocycles. The topological polar surface area (TPSA) is 102 Å². The number of rotatable bonds is 8. The van der Waals surface area contributed by atoms with Gasteiger partial charge < -0.3 is 20.1 Å². The molecule has 0 aliphatic rings. The number of nitrogens with zero attached hydrogens (tertiary/aromatic N) is 2. The summed E-state index contributed by atoms with van der Waals surface area (Å²) in [5, 5.41) is 14.0. The van der Waals surface area contributed by atoms with Gasteiger partial charge in [0.1, 0.15) is 0 Å². The summed E-state index contributed by atoms with van der Waals surface area (Å²) in [6.45, 7) is 4.07. The quantitative estimate of drug-likeness (QED) is 0.499. The molecule has 0 aromatic heterocycles. The summed E-state index contributed by atoms with van der Waals surface area (Å²) >= 11 is 11.7. The number of carbonyl (C=O) groups excluding carboxylic acids is 1. The van der Waals surface area contributed by atoms with Gasteiger partial charge in [-0.05, 0) is 24.3 Å². The Morgan fingerprint density at radius 1 is 1.09 bits per heavy atom. The number of amides is 1. The van der Waals surface area contributed by atoms with Crippen LogP contribution in [0.5, 0.6) is 11.5 Å². The molecule has 32 heavy (non-hydrogen) atoms. The molecule has 1 amide bonds. The third kappa shape index (κ3) is 6.31. The molecule has 0 fully saturated rings. The number of benzene rings is 2. The van der Waals surface area contributed by atoms with Gasteiger partial charge in [0.2, 0.25) is 10.0 Å². The molecule has 12 heteroatoms. The summed E-state index contributed by atoms with van der Waals surface area (Å²) in [4.78, 5) is 14.5. The molecule has 0 radical (unpaired) electrons. The molecule has 8 nitrogen and oxygen atoms in total. The van der Waals surface area contributed by atoms with Gasteiger partial charge in [0.25, 0.3) is 5.91 Å². The average molecular weight is 528 g/mol. The standard InChI is InChI=1S/C20H25Cl2N3O5S.K/c1-6-25(7-2)31(28,29)13-10-16(19(30-5)17(11-13)24(3)4)23-20(27)12-8-14(21)18(26)15(22)9-12;/h8-11,26H,6-7H2,1-5H3,(H,23,27);/q;+1/p-1. The Bertz CT molecular complexity index is 1070. The molecular formula is C20H24Cl2KN3O5S. The van der Waals surface area contributed by atoms with E-state index in [0.717, 1.165) is 0 Å². The predicted molar refractivity (Wildman–Crippen MR) is 121 cm³/mol. The third-order valence-electron chi connectivity index (χ3n) is 4.58.